The van der Waals surface area contributed by atoms with Crippen molar-refractivity contribution in [2.45, 2.75) is 64.8 Å². The first-order chi connectivity index (χ1) is 18.3. The zero-order chi connectivity index (χ0) is 28.9. The minimum atomic E-state index is -1.21. The van der Waals surface area contributed by atoms with E-state index in [-0.39, 0.29) is 23.7 Å². The Hall–Kier alpha value is -2.69. The van der Waals surface area contributed by atoms with Gasteiger partial charge in [-0.25, -0.2) is 4.79 Å². The highest BCUT2D eigenvalue weighted by Crippen LogP contribution is 2.63. The normalized spacial score (nSPS) is 35.2. The molecule has 216 valence electrons. The number of aliphatic hydroxyl groups excluding tert-OH is 2. The summed E-state index contributed by atoms with van der Waals surface area (Å²) in [6, 6.07) is 0. The van der Waals surface area contributed by atoms with Crippen molar-refractivity contribution in [3.05, 3.63) is 34.3 Å². The first-order valence-corrected chi connectivity index (χ1v) is 13.6. The van der Waals surface area contributed by atoms with Gasteiger partial charge in [0, 0.05) is 50.4 Å². The second kappa shape index (κ2) is 10.7. The number of carbonyl (C=O) groups is 3. The summed E-state index contributed by atoms with van der Waals surface area (Å²) in [6.07, 6.45) is 1.40. The number of ketones is 1. The summed E-state index contributed by atoms with van der Waals surface area (Å²) in [5.74, 6) is -2.62. The van der Waals surface area contributed by atoms with E-state index in [2.05, 4.69) is 4.90 Å². The minimum Gasteiger partial charge on any atom is -0.504 e. The van der Waals surface area contributed by atoms with Gasteiger partial charge in [0.25, 0.3) is 0 Å². The Morgan fingerprint density at radius 1 is 1.18 bits per heavy atom. The van der Waals surface area contributed by atoms with Crippen LogP contribution in [-0.2, 0) is 28.6 Å². The molecule has 0 radical (unpaired) electrons. The maximum absolute atomic E-state index is 14.0. The molecule has 4 rings (SSSR count). The van der Waals surface area contributed by atoms with Gasteiger partial charge < -0.3 is 34.2 Å². The van der Waals surface area contributed by atoms with Crippen molar-refractivity contribution in [2.24, 2.45) is 16.7 Å². The second-order valence-corrected chi connectivity index (χ2v) is 12.1. The number of Topliss-reactive ketones (excluding diaryl/α,β-unsaturated/α-hetero) is 1. The standard InChI is InChI=1S/C29H42N2O8/c1-16(32)38-19-13-28(2)18(9-10-20(28)33)22-24(19)29(3)21(15-37-7)39-27(36)17(23(29)26(35)25(22)34)14-31(6)12-8-11-30(4)5/h14,18-21,33,35H,8-13,15H2,1-7H3/b17-14-/t18-,19+,20+,21+,28+,29-/m1/s1. The van der Waals surface area contributed by atoms with E-state index < -0.39 is 52.6 Å². The molecule has 2 N–H and O–H groups in total. The Morgan fingerprint density at radius 2 is 1.87 bits per heavy atom. The number of fused-ring (bicyclic) bond motifs is 4. The molecule has 0 spiro atoms. The first-order valence-electron chi connectivity index (χ1n) is 13.6. The van der Waals surface area contributed by atoms with Gasteiger partial charge in [-0.2, -0.15) is 0 Å². The Morgan fingerprint density at radius 3 is 2.49 bits per heavy atom. The monoisotopic (exact) mass is 546 g/mol. The molecular weight excluding hydrogens is 504 g/mol. The van der Waals surface area contributed by atoms with Crippen LogP contribution in [0.1, 0.15) is 46.5 Å². The maximum Gasteiger partial charge on any atom is 0.340 e. The Kier molecular flexibility index (Phi) is 8.04. The fourth-order valence-corrected chi connectivity index (χ4v) is 7.19. The smallest absolute Gasteiger partial charge is 0.340 e. The van der Waals surface area contributed by atoms with Crippen LogP contribution in [0.4, 0.5) is 0 Å². The Bertz CT molecular complexity index is 1140. The number of nitrogens with zero attached hydrogens (tertiary/aromatic N) is 2. The van der Waals surface area contributed by atoms with E-state index in [1.54, 1.807) is 6.20 Å². The number of carbonyl (C=O) groups excluding carboxylic acids is 3. The molecule has 1 saturated carbocycles. The van der Waals surface area contributed by atoms with Crippen LogP contribution in [0.25, 0.3) is 0 Å². The van der Waals surface area contributed by atoms with E-state index in [1.165, 1.54) is 14.0 Å². The molecule has 2 fully saturated rings. The quantitative estimate of drug-likeness (QED) is 0.345. The number of cyclic esters (lactones) is 1. The maximum atomic E-state index is 14.0. The number of allylic oxidation sites excluding steroid dienone is 1. The molecule has 0 unspecified atom stereocenters. The van der Waals surface area contributed by atoms with Crippen LogP contribution < -0.4 is 0 Å². The highest BCUT2D eigenvalue weighted by molar-refractivity contribution is 6.13. The van der Waals surface area contributed by atoms with Crippen LogP contribution in [0, 0.1) is 16.7 Å². The number of ether oxygens (including phenoxy) is 3. The number of aliphatic hydroxyl groups is 2. The minimum absolute atomic E-state index is 0.00724. The van der Waals surface area contributed by atoms with Gasteiger partial charge >= 0.3 is 11.9 Å². The van der Waals surface area contributed by atoms with Crippen molar-refractivity contribution in [2.75, 3.05) is 47.9 Å². The molecule has 6 atom stereocenters. The highest BCUT2D eigenvalue weighted by atomic mass is 16.6. The highest BCUT2D eigenvalue weighted by Gasteiger charge is 2.64. The lowest BCUT2D eigenvalue weighted by Gasteiger charge is -2.54. The lowest BCUT2D eigenvalue weighted by atomic mass is 9.53. The first kappa shape index (κ1) is 29.3. The summed E-state index contributed by atoms with van der Waals surface area (Å²) in [5.41, 5.74) is -0.770. The van der Waals surface area contributed by atoms with Crippen LogP contribution in [-0.4, -0.2) is 104 Å². The van der Waals surface area contributed by atoms with E-state index in [1.807, 2.05) is 39.9 Å². The van der Waals surface area contributed by atoms with Crippen molar-refractivity contribution < 1.29 is 38.8 Å². The molecule has 4 aliphatic rings. The molecular formula is C29H42N2O8. The van der Waals surface area contributed by atoms with Crippen LogP contribution in [0.5, 0.6) is 0 Å². The lowest BCUT2D eigenvalue weighted by molar-refractivity contribution is -0.161. The summed E-state index contributed by atoms with van der Waals surface area (Å²) in [5, 5.41) is 22.5. The van der Waals surface area contributed by atoms with Crippen LogP contribution in [0.2, 0.25) is 0 Å². The Labute approximate surface area is 230 Å². The summed E-state index contributed by atoms with van der Waals surface area (Å²) in [4.78, 5) is 43.6. The summed E-state index contributed by atoms with van der Waals surface area (Å²) >= 11 is 0. The SMILES string of the molecule is COC[C@@H]1OC(=O)/C(=C\N(C)CCCN(C)C)C2=C(O)C(=O)C3=C([C@@H](OC(C)=O)C[C@@]4(C)[C@@H]3CC[C@@H]4O)[C@@]21C. The van der Waals surface area contributed by atoms with Crippen molar-refractivity contribution in [1.29, 1.82) is 0 Å². The van der Waals surface area contributed by atoms with Crippen molar-refractivity contribution in [1.82, 2.24) is 9.80 Å². The summed E-state index contributed by atoms with van der Waals surface area (Å²) in [7, 11) is 7.29. The third kappa shape index (κ3) is 4.80. The number of hydrogen-bond acceptors (Lipinski definition) is 10. The average molecular weight is 547 g/mol. The van der Waals surface area contributed by atoms with Gasteiger partial charge in [-0.05, 0) is 64.7 Å². The van der Waals surface area contributed by atoms with Crippen LogP contribution in [0.15, 0.2) is 34.3 Å². The van der Waals surface area contributed by atoms with Gasteiger partial charge in [0.05, 0.1) is 23.7 Å². The predicted octanol–water partition coefficient (Wildman–Crippen LogP) is 2.14. The Balaban J connectivity index is 1.91. The van der Waals surface area contributed by atoms with Gasteiger partial charge in [0.15, 0.2) is 5.76 Å². The van der Waals surface area contributed by atoms with Crippen molar-refractivity contribution >= 4 is 17.7 Å². The number of esters is 2. The number of hydrogen-bond donors (Lipinski definition) is 2. The predicted molar refractivity (Wildman–Crippen MR) is 142 cm³/mol. The molecule has 10 heteroatoms. The molecule has 1 aliphatic heterocycles. The molecule has 39 heavy (non-hydrogen) atoms. The van der Waals surface area contributed by atoms with Gasteiger partial charge in [-0.15, -0.1) is 0 Å². The number of methoxy groups -OCH3 is 1. The van der Waals surface area contributed by atoms with Crippen molar-refractivity contribution in [3.63, 3.8) is 0 Å². The second-order valence-electron chi connectivity index (χ2n) is 12.1. The fraction of sp³-hybridized carbons (Fsp3) is 0.690. The largest absolute Gasteiger partial charge is 0.504 e. The van der Waals surface area contributed by atoms with Gasteiger partial charge in [-0.3, -0.25) is 9.59 Å². The summed E-state index contributed by atoms with van der Waals surface area (Å²) < 4.78 is 17.2. The van der Waals surface area contributed by atoms with E-state index in [4.69, 9.17) is 14.2 Å². The molecule has 1 heterocycles. The zero-order valence-electron chi connectivity index (χ0n) is 24.1. The topological polar surface area (TPSA) is 126 Å². The third-order valence-corrected chi connectivity index (χ3v) is 9.12. The molecule has 3 aliphatic carbocycles. The van der Waals surface area contributed by atoms with Crippen LogP contribution >= 0.6 is 0 Å². The molecule has 0 aromatic rings. The molecule has 0 bridgehead atoms. The molecule has 10 nitrogen and oxygen atoms in total. The average Bonchev–Trinajstić information content (AvgIpc) is 3.13. The number of rotatable bonds is 8. The summed E-state index contributed by atoms with van der Waals surface area (Å²) in [6.45, 7) is 6.53. The van der Waals surface area contributed by atoms with E-state index in [0.29, 0.717) is 37.0 Å². The van der Waals surface area contributed by atoms with Crippen molar-refractivity contribution in [3.8, 4) is 0 Å². The molecule has 0 aromatic carbocycles. The van der Waals surface area contributed by atoms with E-state index >= 15 is 0 Å². The third-order valence-electron chi connectivity index (χ3n) is 9.12. The van der Waals surface area contributed by atoms with Gasteiger partial charge in [0.2, 0.25) is 5.78 Å². The van der Waals surface area contributed by atoms with E-state index in [9.17, 15) is 24.6 Å². The van der Waals surface area contributed by atoms with E-state index in [0.717, 1.165) is 13.0 Å². The zero-order valence-corrected chi connectivity index (χ0v) is 24.1. The molecule has 1 saturated heterocycles. The van der Waals surface area contributed by atoms with Crippen LogP contribution in [0.3, 0.4) is 0 Å². The molecule has 0 amide bonds. The molecule has 0 aromatic heterocycles. The fourth-order valence-electron chi connectivity index (χ4n) is 7.19. The lowest BCUT2D eigenvalue weighted by Crippen LogP contribution is -2.57. The van der Waals surface area contributed by atoms with Gasteiger partial charge in [-0.1, -0.05) is 6.92 Å². The van der Waals surface area contributed by atoms with Gasteiger partial charge in [0.1, 0.15) is 12.2 Å².